The second-order valence-corrected chi connectivity index (χ2v) is 4.75. The fourth-order valence-electron chi connectivity index (χ4n) is 2.78. The molecule has 1 atom stereocenters. The summed E-state index contributed by atoms with van der Waals surface area (Å²) >= 11 is 0. The van der Waals surface area contributed by atoms with Gasteiger partial charge in [-0.3, -0.25) is 0 Å². The van der Waals surface area contributed by atoms with Crippen molar-refractivity contribution in [2.75, 3.05) is 0 Å². The summed E-state index contributed by atoms with van der Waals surface area (Å²) in [7, 11) is 0. The summed E-state index contributed by atoms with van der Waals surface area (Å²) in [6.07, 6.45) is 19.8. The van der Waals surface area contributed by atoms with Gasteiger partial charge in [0.25, 0.3) is 0 Å². The van der Waals surface area contributed by atoms with E-state index in [2.05, 4.69) is 18.2 Å². The van der Waals surface area contributed by atoms with Crippen LogP contribution in [-0.2, 0) is 0 Å². The Morgan fingerprint density at radius 1 is 0.929 bits per heavy atom. The molecule has 0 bridgehead atoms. The van der Waals surface area contributed by atoms with Gasteiger partial charge in [0.05, 0.1) is 0 Å². The van der Waals surface area contributed by atoms with Crippen LogP contribution >= 0.6 is 0 Å². The van der Waals surface area contributed by atoms with Gasteiger partial charge in [0.2, 0.25) is 0 Å². The van der Waals surface area contributed by atoms with Crippen molar-refractivity contribution in [1.82, 2.24) is 0 Å². The van der Waals surface area contributed by atoms with E-state index in [1.807, 2.05) is 0 Å². The van der Waals surface area contributed by atoms with Crippen molar-refractivity contribution in [3.63, 3.8) is 0 Å². The molecule has 78 valence electrons. The predicted octanol–water partition coefficient (Wildman–Crippen LogP) is 4.62. The Hall–Kier alpha value is -0.520. The molecule has 2 rings (SSSR count). The van der Waals surface area contributed by atoms with Crippen LogP contribution in [0.2, 0.25) is 0 Å². The van der Waals surface area contributed by atoms with E-state index < -0.39 is 0 Å². The van der Waals surface area contributed by atoms with E-state index in [1.54, 1.807) is 5.57 Å². The van der Waals surface area contributed by atoms with Gasteiger partial charge in [-0.15, -0.1) is 0 Å². The summed E-state index contributed by atoms with van der Waals surface area (Å²) in [4.78, 5) is 0. The van der Waals surface area contributed by atoms with Crippen molar-refractivity contribution in [3.05, 3.63) is 23.8 Å². The van der Waals surface area contributed by atoms with Crippen LogP contribution in [-0.4, -0.2) is 0 Å². The summed E-state index contributed by atoms with van der Waals surface area (Å²) in [6, 6.07) is 0. The van der Waals surface area contributed by atoms with Crippen LogP contribution in [0, 0.1) is 5.92 Å². The first kappa shape index (κ1) is 10.0. The molecular weight excluding hydrogens is 168 g/mol. The van der Waals surface area contributed by atoms with Gasteiger partial charge in [0, 0.05) is 0 Å². The third-order valence-electron chi connectivity index (χ3n) is 3.66. The van der Waals surface area contributed by atoms with Crippen LogP contribution in [0.4, 0.5) is 0 Å². The molecule has 0 radical (unpaired) electrons. The molecule has 0 aliphatic heterocycles. The molecule has 0 N–H and O–H groups in total. The van der Waals surface area contributed by atoms with E-state index >= 15 is 0 Å². The number of rotatable bonds is 0. The normalized spacial score (nSPS) is 29.1. The monoisotopic (exact) mass is 190 g/mol. The highest BCUT2D eigenvalue weighted by Gasteiger charge is 2.17. The molecule has 0 heterocycles. The van der Waals surface area contributed by atoms with Gasteiger partial charge in [-0.1, -0.05) is 43.1 Å². The molecule has 1 fully saturated rings. The Bertz CT molecular complexity index is 222. The highest BCUT2D eigenvalue weighted by molar-refractivity contribution is 5.17. The number of allylic oxidation sites excluding steroid dienone is 4. The van der Waals surface area contributed by atoms with Crippen molar-refractivity contribution < 1.29 is 0 Å². The molecule has 0 heteroatoms. The molecule has 0 spiro atoms. The van der Waals surface area contributed by atoms with Crippen molar-refractivity contribution in [3.8, 4) is 0 Å². The maximum atomic E-state index is 2.41. The van der Waals surface area contributed by atoms with E-state index in [0.29, 0.717) is 0 Å². The standard InChI is InChI=1S/C14H22/c1-2-4-6-10-14-12-8-7-11-13(14)9-5-3-1/h3,5,9,14H,1-2,4,6-8,10-12H2. The minimum atomic E-state index is 0.937. The van der Waals surface area contributed by atoms with Gasteiger partial charge in [0.15, 0.2) is 0 Å². The Morgan fingerprint density at radius 3 is 2.71 bits per heavy atom. The second kappa shape index (κ2) is 5.38. The fourth-order valence-corrected chi connectivity index (χ4v) is 2.78. The van der Waals surface area contributed by atoms with E-state index in [4.69, 9.17) is 0 Å². The maximum absolute atomic E-state index is 2.41. The Morgan fingerprint density at radius 2 is 1.79 bits per heavy atom. The van der Waals surface area contributed by atoms with Crippen LogP contribution in [0.15, 0.2) is 23.8 Å². The van der Waals surface area contributed by atoms with Gasteiger partial charge in [-0.2, -0.15) is 0 Å². The first-order chi connectivity index (χ1) is 6.97. The first-order valence-corrected chi connectivity index (χ1v) is 6.32. The molecule has 2 aliphatic carbocycles. The zero-order chi connectivity index (χ0) is 9.64. The second-order valence-electron chi connectivity index (χ2n) is 4.75. The zero-order valence-corrected chi connectivity index (χ0v) is 9.17. The average Bonchev–Trinajstić information content (AvgIpc) is 2.25. The molecule has 0 aromatic heterocycles. The molecule has 0 saturated heterocycles. The van der Waals surface area contributed by atoms with Crippen molar-refractivity contribution >= 4 is 0 Å². The molecule has 1 unspecified atom stereocenters. The quantitative estimate of drug-likeness (QED) is 0.522. The minimum absolute atomic E-state index is 0.937. The lowest BCUT2D eigenvalue weighted by molar-refractivity contribution is 0.411. The topological polar surface area (TPSA) is 0 Å². The number of fused-ring (bicyclic) bond motifs is 1. The third kappa shape index (κ3) is 2.73. The number of hydrogen-bond donors (Lipinski definition) is 0. The SMILES string of the molecule is C1=CCCCCCC2CCCCC2=C1. The smallest absolute Gasteiger partial charge is 0.0200 e. The van der Waals surface area contributed by atoms with Crippen molar-refractivity contribution in [2.24, 2.45) is 5.92 Å². The Balaban J connectivity index is 2.04. The van der Waals surface area contributed by atoms with Gasteiger partial charge >= 0.3 is 0 Å². The molecule has 0 nitrogen and oxygen atoms in total. The maximum Gasteiger partial charge on any atom is -0.0200 e. The lowest BCUT2D eigenvalue weighted by Crippen LogP contribution is -2.10. The van der Waals surface area contributed by atoms with E-state index in [9.17, 15) is 0 Å². The summed E-state index contributed by atoms with van der Waals surface area (Å²) in [6.45, 7) is 0. The molecule has 2 aliphatic rings. The van der Waals surface area contributed by atoms with Crippen LogP contribution in [0.1, 0.15) is 57.8 Å². The highest BCUT2D eigenvalue weighted by Crippen LogP contribution is 2.33. The predicted molar refractivity (Wildman–Crippen MR) is 62.3 cm³/mol. The van der Waals surface area contributed by atoms with Gasteiger partial charge in [-0.05, 0) is 44.4 Å². The molecule has 1 saturated carbocycles. The Kier molecular flexibility index (Phi) is 3.85. The summed E-state index contributed by atoms with van der Waals surface area (Å²) < 4.78 is 0. The van der Waals surface area contributed by atoms with E-state index in [1.165, 1.54) is 57.8 Å². The molecule has 0 aromatic carbocycles. The van der Waals surface area contributed by atoms with Crippen LogP contribution < -0.4 is 0 Å². The van der Waals surface area contributed by atoms with Gasteiger partial charge < -0.3 is 0 Å². The summed E-state index contributed by atoms with van der Waals surface area (Å²) in [5.74, 6) is 0.937. The minimum Gasteiger partial charge on any atom is -0.0845 e. The van der Waals surface area contributed by atoms with Crippen molar-refractivity contribution in [2.45, 2.75) is 57.8 Å². The average molecular weight is 190 g/mol. The number of hydrogen-bond acceptors (Lipinski definition) is 0. The largest absolute Gasteiger partial charge is 0.0845 e. The summed E-state index contributed by atoms with van der Waals surface area (Å²) in [5.41, 5.74) is 1.74. The zero-order valence-electron chi connectivity index (χ0n) is 9.17. The lowest BCUT2D eigenvalue weighted by Gasteiger charge is -2.25. The highest BCUT2D eigenvalue weighted by atomic mass is 14.2. The van der Waals surface area contributed by atoms with Crippen LogP contribution in [0.25, 0.3) is 0 Å². The van der Waals surface area contributed by atoms with E-state index in [0.717, 1.165) is 5.92 Å². The van der Waals surface area contributed by atoms with Crippen LogP contribution in [0.3, 0.4) is 0 Å². The third-order valence-corrected chi connectivity index (χ3v) is 3.66. The Labute approximate surface area is 88.1 Å². The molecular formula is C14H22. The van der Waals surface area contributed by atoms with Gasteiger partial charge in [0.1, 0.15) is 0 Å². The summed E-state index contributed by atoms with van der Waals surface area (Å²) in [5, 5.41) is 0. The lowest BCUT2D eigenvalue weighted by atomic mass is 9.80. The molecule has 0 amide bonds. The fraction of sp³-hybridized carbons (Fsp3) is 0.714. The van der Waals surface area contributed by atoms with Gasteiger partial charge in [-0.25, -0.2) is 0 Å². The van der Waals surface area contributed by atoms with Crippen molar-refractivity contribution in [1.29, 1.82) is 0 Å². The van der Waals surface area contributed by atoms with Crippen LogP contribution in [0.5, 0.6) is 0 Å². The molecule has 0 aromatic rings. The van der Waals surface area contributed by atoms with E-state index in [-0.39, 0.29) is 0 Å². The molecule has 14 heavy (non-hydrogen) atoms. The first-order valence-electron chi connectivity index (χ1n) is 6.32.